The van der Waals surface area contributed by atoms with Crippen LogP contribution in [0.15, 0.2) is 87.6 Å². The van der Waals surface area contributed by atoms with Gasteiger partial charge in [-0.15, -0.1) is 5.10 Å². The van der Waals surface area contributed by atoms with Crippen LogP contribution in [0.1, 0.15) is 49.1 Å². The predicted octanol–water partition coefficient (Wildman–Crippen LogP) is 7.47. The van der Waals surface area contributed by atoms with E-state index in [1.165, 1.54) is 11.8 Å². The van der Waals surface area contributed by atoms with E-state index < -0.39 is 12.0 Å². The monoisotopic (exact) mass is 648 g/mol. The van der Waals surface area contributed by atoms with Crippen molar-refractivity contribution in [1.82, 2.24) is 14.8 Å². The quantitative estimate of drug-likeness (QED) is 0.132. The van der Waals surface area contributed by atoms with Crippen LogP contribution in [-0.4, -0.2) is 33.1 Å². The fraction of sp³-hybridized carbons (Fsp3) is 0.281. The molecule has 0 saturated carbocycles. The maximum Gasteiger partial charge on any atom is 0.338 e. The van der Waals surface area contributed by atoms with Crippen molar-refractivity contribution in [2.24, 2.45) is 0 Å². The molecule has 0 fully saturated rings. The minimum atomic E-state index is -0.607. The van der Waals surface area contributed by atoms with E-state index in [4.69, 9.17) is 19.3 Å². The first-order chi connectivity index (χ1) is 20.4. The first kappa shape index (κ1) is 29.7. The predicted molar refractivity (Wildman–Crippen MR) is 168 cm³/mol. The van der Waals surface area contributed by atoms with E-state index in [0.717, 1.165) is 28.0 Å². The van der Waals surface area contributed by atoms with Crippen LogP contribution in [0.3, 0.4) is 0 Å². The lowest BCUT2D eigenvalue weighted by Gasteiger charge is -2.29. The zero-order valence-electron chi connectivity index (χ0n) is 24.0. The topological polar surface area (TPSA) is 87.5 Å². The highest BCUT2D eigenvalue weighted by molar-refractivity contribution is 9.10. The second-order valence-electron chi connectivity index (χ2n) is 9.70. The molecule has 0 saturated heterocycles. The van der Waals surface area contributed by atoms with Gasteiger partial charge >= 0.3 is 5.97 Å². The molecule has 0 spiro atoms. The van der Waals surface area contributed by atoms with Crippen molar-refractivity contribution in [2.45, 2.75) is 52.1 Å². The number of ether oxygens (including phenoxy) is 3. The van der Waals surface area contributed by atoms with Gasteiger partial charge in [0, 0.05) is 5.70 Å². The van der Waals surface area contributed by atoms with E-state index in [0.29, 0.717) is 51.6 Å². The van der Waals surface area contributed by atoms with Gasteiger partial charge in [-0.25, -0.2) is 9.48 Å². The second-order valence-corrected chi connectivity index (χ2v) is 11.8. The van der Waals surface area contributed by atoms with Crippen LogP contribution in [0, 0.1) is 6.92 Å². The number of nitrogens with one attached hydrogen (secondary N) is 1. The van der Waals surface area contributed by atoms with Crippen LogP contribution < -0.4 is 14.8 Å². The van der Waals surface area contributed by atoms with E-state index >= 15 is 0 Å². The highest BCUT2D eigenvalue weighted by Gasteiger charge is 2.36. The number of benzene rings is 3. The molecule has 1 atom stereocenters. The van der Waals surface area contributed by atoms with Gasteiger partial charge in [0.25, 0.3) is 0 Å². The van der Waals surface area contributed by atoms with Gasteiger partial charge in [0.2, 0.25) is 11.1 Å². The number of aromatic nitrogens is 3. The van der Waals surface area contributed by atoms with Gasteiger partial charge in [0.05, 0.1) is 16.7 Å². The number of allylic oxidation sites excluding steroid dienone is 1. The molecule has 218 valence electrons. The summed E-state index contributed by atoms with van der Waals surface area (Å²) in [5.41, 5.74) is 5.02. The minimum Gasteiger partial charge on any atom is -0.490 e. The summed E-state index contributed by atoms with van der Waals surface area (Å²) in [5, 5.41) is 8.66. The summed E-state index contributed by atoms with van der Waals surface area (Å²) in [6.45, 7) is 8.88. The molecule has 4 aromatic rings. The smallest absolute Gasteiger partial charge is 0.338 e. The molecule has 1 aliphatic heterocycles. The molecule has 1 aromatic heterocycles. The highest BCUT2D eigenvalue weighted by Crippen LogP contribution is 2.43. The first-order valence-electron chi connectivity index (χ1n) is 13.8. The molecule has 2 heterocycles. The first-order valence-corrected chi connectivity index (χ1v) is 15.6. The number of hydrogen-bond acceptors (Lipinski definition) is 8. The minimum absolute atomic E-state index is 0.157. The Morgan fingerprint density at radius 3 is 2.52 bits per heavy atom. The molecule has 0 amide bonds. The van der Waals surface area contributed by atoms with Crippen LogP contribution >= 0.6 is 27.7 Å². The lowest BCUT2D eigenvalue weighted by Crippen LogP contribution is -2.29. The summed E-state index contributed by atoms with van der Waals surface area (Å²) in [4.78, 5) is 18.4. The second kappa shape index (κ2) is 13.5. The van der Waals surface area contributed by atoms with Gasteiger partial charge in [0.15, 0.2) is 11.5 Å². The van der Waals surface area contributed by atoms with Gasteiger partial charge in [-0.2, -0.15) is 4.98 Å². The number of aryl methyl sites for hydroxylation is 1. The number of rotatable bonds is 11. The van der Waals surface area contributed by atoms with Gasteiger partial charge in [-0.1, -0.05) is 73.3 Å². The van der Waals surface area contributed by atoms with Crippen LogP contribution in [-0.2, 0) is 22.7 Å². The summed E-state index contributed by atoms with van der Waals surface area (Å²) in [7, 11) is 0. The molecule has 3 aromatic carbocycles. The van der Waals surface area contributed by atoms with Crippen molar-refractivity contribution in [3.8, 4) is 11.5 Å². The van der Waals surface area contributed by atoms with Gasteiger partial charge < -0.3 is 19.5 Å². The van der Waals surface area contributed by atoms with E-state index in [-0.39, 0.29) is 6.61 Å². The average molecular weight is 650 g/mol. The van der Waals surface area contributed by atoms with Crippen LogP contribution in [0.2, 0.25) is 0 Å². The number of thioether (sulfide) groups is 1. The standard InChI is InChI=1S/C32H33BrN4O4S/c1-5-39-26-17-24(16-25(33)29(26)40-19-23-15-11-10-12-20(23)3)28-27(30(38)41-18-22-13-8-7-9-14-22)21(4)34-31-35-32(42-6-2)36-37(28)31/h7-17,28H,5-6,18-19H2,1-4H3,(H,34,35,36). The lowest BCUT2D eigenvalue weighted by molar-refractivity contribution is -0.140. The molecule has 0 aliphatic carbocycles. The maximum absolute atomic E-state index is 13.7. The van der Waals surface area contributed by atoms with E-state index in [2.05, 4.69) is 39.2 Å². The van der Waals surface area contributed by atoms with Crippen molar-refractivity contribution in [3.63, 3.8) is 0 Å². The largest absolute Gasteiger partial charge is 0.490 e. The van der Waals surface area contributed by atoms with Gasteiger partial charge in [-0.05, 0) is 76.8 Å². The zero-order valence-corrected chi connectivity index (χ0v) is 26.4. The average Bonchev–Trinajstić information content (AvgIpc) is 3.38. The zero-order chi connectivity index (χ0) is 29.6. The Morgan fingerprint density at radius 2 is 1.79 bits per heavy atom. The molecule has 1 aliphatic rings. The molecule has 42 heavy (non-hydrogen) atoms. The molecular weight excluding hydrogens is 616 g/mol. The number of anilines is 1. The van der Waals surface area contributed by atoms with Crippen molar-refractivity contribution >= 4 is 39.6 Å². The van der Waals surface area contributed by atoms with E-state index in [1.807, 2.05) is 81.4 Å². The fourth-order valence-electron chi connectivity index (χ4n) is 4.77. The van der Waals surface area contributed by atoms with Gasteiger partial charge in [0.1, 0.15) is 19.3 Å². The number of hydrogen-bond donors (Lipinski definition) is 1. The molecule has 0 radical (unpaired) electrons. The van der Waals surface area contributed by atoms with Crippen molar-refractivity contribution in [1.29, 1.82) is 0 Å². The summed E-state index contributed by atoms with van der Waals surface area (Å²) < 4.78 is 20.6. The summed E-state index contributed by atoms with van der Waals surface area (Å²) in [5.74, 6) is 2.09. The Balaban J connectivity index is 1.54. The van der Waals surface area contributed by atoms with E-state index in [9.17, 15) is 4.79 Å². The third-order valence-electron chi connectivity index (χ3n) is 6.82. The molecule has 8 nitrogen and oxygen atoms in total. The van der Waals surface area contributed by atoms with Crippen molar-refractivity contribution in [3.05, 3.63) is 105 Å². The van der Waals surface area contributed by atoms with Crippen LogP contribution in [0.5, 0.6) is 11.5 Å². The van der Waals surface area contributed by atoms with Gasteiger partial charge in [-0.3, -0.25) is 0 Å². The molecule has 0 bridgehead atoms. The molecule has 1 N–H and O–H groups in total. The maximum atomic E-state index is 13.7. The fourth-order valence-corrected chi connectivity index (χ4v) is 5.89. The molecule has 1 unspecified atom stereocenters. The Hall–Kier alpha value is -3.76. The number of fused-ring (bicyclic) bond motifs is 1. The Labute approximate surface area is 258 Å². The Bertz CT molecular complexity index is 1610. The van der Waals surface area contributed by atoms with Crippen LogP contribution in [0.25, 0.3) is 0 Å². The number of halogens is 1. The normalized spacial score (nSPS) is 14.3. The SMILES string of the molecule is CCOc1cc(C2C(C(=O)OCc3ccccc3)=C(C)Nc3nc(SCC)nn32)cc(Br)c1OCc1ccccc1C. The number of carbonyl (C=O) groups excluding carboxylic acids is 1. The Morgan fingerprint density at radius 1 is 1.02 bits per heavy atom. The third-order valence-corrected chi connectivity index (χ3v) is 8.13. The van der Waals surface area contributed by atoms with Crippen LogP contribution in [0.4, 0.5) is 5.95 Å². The summed E-state index contributed by atoms with van der Waals surface area (Å²) >= 11 is 5.26. The third kappa shape index (κ3) is 6.50. The number of esters is 1. The highest BCUT2D eigenvalue weighted by atomic mass is 79.9. The number of nitrogens with zero attached hydrogens (tertiary/aromatic N) is 3. The molecule has 5 rings (SSSR count). The van der Waals surface area contributed by atoms with Crippen molar-refractivity contribution in [2.75, 3.05) is 17.7 Å². The number of carbonyl (C=O) groups is 1. The summed E-state index contributed by atoms with van der Waals surface area (Å²) in [6.07, 6.45) is 0. The molecular formula is C32H33BrN4O4S. The Kier molecular flexibility index (Phi) is 9.54. The molecule has 10 heteroatoms. The van der Waals surface area contributed by atoms with E-state index in [1.54, 1.807) is 4.68 Å². The summed E-state index contributed by atoms with van der Waals surface area (Å²) in [6, 6.07) is 21.0. The lowest BCUT2D eigenvalue weighted by atomic mass is 9.95. The van der Waals surface area contributed by atoms with Crippen molar-refractivity contribution < 1.29 is 19.0 Å².